The van der Waals surface area contributed by atoms with Crippen molar-refractivity contribution in [2.45, 2.75) is 110 Å². The minimum absolute atomic E-state index is 0.104. The van der Waals surface area contributed by atoms with Gasteiger partial charge in [0.15, 0.2) is 0 Å². The molecule has 0 amide bonds. The molecule has 0 bridgehead atoms. The molecule has 0 aliphatic heterocycles. The van der Waals surface area contributed by atoms with Gasteiger partial charge in [0.05, 0.1) is 33.9 Å². The Morgan fingerprint density at radius 2 is 1.23 bits per heavy atom. The first-order valence-corrected chi connectivity index (χ1v) is 12.8. The summed E-state index contributed by atoms with van der Waals surface area (Å²) in [5.74, 6) is 0.869. The van der Waals surface area contributed by atoms with E-state index in [9.17, 15) is 5.11 Å². The number of aliphatic hydroxyl groups excluding tert-OH is 2. The Balaban J connectivity index is 3.26. The highest BCUT2D eigenvalue weighted by atomic mass is 16.5. The Morgan fingerprint density at radius 1 is 0.767 bits per heavy atom. The van der Waals surface area contributed by atoms with Crippen molar-refractivity contribution in [1.82, 2.24) is 5.43 Å². The number of nitrogens with zero attached hydrogens (tertiary/aromatic N) is 1. The summed E-state index contributed by atoms with van der Waals surface area (Å²) in [6.45, 7) is 6.97. The molecule has 5 heteroatoms. The Hall–Kier alpha value is -0.200. The molecule has 182 valence electrons. The molecular formula is C25H55N2O3+. The summed E-state index contributed by atoms with van der Waals surface area (Å²) in [7, 11) is 3.96. The van der Waals surface area contributed by atoms with Gasteiger partial charge >= 0.3 is 0 Å². The van der Waals surface area contributed by atoms with Crippen molar-refractivity contribution in [3.63, 3.8) is 0 Å². The van der Waals surface area contributed by atoms with E-state index in [0.717, 1.165) is 18.9 Å². The molecule has 0 spiro atoms. The number of ether oxygens (including phenoxy) is 1. The van der Waals surface area contributed by atoms with Gasteiger partial charge in [0.1, 0.15) is 12.6 Å². The van der Waals surface area contributed by atoms with E-state index in [1.807, 2.05) is 14.1 Å². The molecule has 1 unspecified atom stereocenters. The lowest BCUT2D eigenvalue weighted by atomic mass is 10.0. The molecule has 0 saturated heterocycles. The van der Waals surface area contributed by atoms with Gasteiger partial charge in [-0.1, -0.05) is 97.3 Å². The third-order valence-corrected chi connectivity index (χ3v) is 5.70. The van der Waals surface area contributed by atoms with Crippen LogP contribution in [0.2, 0.25) is 0 Å². The van der Waals surface area contributed by atoms with E-state index in [4.69, 9.17) is 9.84 Å². The van der Waals surface area contributed by atoms with Crippen LogP contribution in [0, 0.1) is 5.92 Å². The van der Waals surface area contributed by atoms with Crippen molar-refractivity contribution in [3.8, 4) is 0 Å². The number of rotatable bonds is 23. The van der Waals surface area contributed by atoms with Crippen LogP contribution in [0.4, 0.5) is 0 Å². The van der Waals surface area contributed by atoms with E-state index in [-0.39, 0.29) is 6.61 Å². The molecule has 0 heterocycles. The maximum Gasteiger partial charge on any atom is 0.128 e. The van der Waals surface area contributed by atoms with Crippen LogP contribution in [0.5, 0.6) is 0 Å². The number of nitrogens with one attached hydrogen (secondary N) is 1. The summed E-state index contributed by atoms with van der Waals surface area (Å²) in [5, 5.41) is 19.0. The smallest absolute Gasteiger partial charge is 0.128 e. The number of quaternary nitrogens is 1. The van der Waals surface area contributed by atoms with E-state index in [0.29, 0.717) is 24.3 Å². The van der Waals surface area contributed by atoms with E-state index in [1.54, 1.807) is 0 Å². The summed E-state index contributed by atoms with van der Waals surface area (Å²) in [6, 6.07) is 0. The van der Waals surface area contributed by atoms with Crippen LogP contribution in [-0.2, 0) is 4.74 Å². The first kappa shape index (κ1) is 29.8. The molecule has 1 atom stereocenters. The molecule has 0 saturated carbocycles. The second-order valence-corrected chi connectivity index (χ2v) is 10.0. The van der Waals surface area contributed by atoms with Crippen molar-refractivity contribution in [1.29, 1.82) is 0 Å². The van der Waals surface area contributed by atoms with E-state index in [2.05, 4.69) is 19.3 Å². The van der Waals surface area contributed by atoms with Gasteiger partial charge in [-0.2, -0.15) is 5.43 Å². The second-order valence-electron chi connectivity index (χ2n) is 10.0. The second kappa shape index (κ2) is 20.7. The largest absolute Gasteiger partial charge is 0.395 e. The molecule has 0 fully saturated rings. The zero-order valence-electron chi connectivity index (χ0n) is 20.8. The predicted octanol–water partition coefficient (Wildman–Crippen LogP) is 5.05. The summed E-state index contributed by atoms with van der Waals surface area (Å²) in [4.78, 5) is 0. The highest BCUT2D eigenvalue weighted by Crippen LogP contribution is 2.14. The van der Waals surface area contributed by atoms with Crippen LogP contribution >= 0.6 is 0 Å². The molecule has 0 aliphatic carbocycles. The standard InChI is InChI=1S/C25H55N2O3/c1-24(2)18-16-14-12-10-8-6-5-7-9-11-13-15-17-21-30-23-25(29)22-27(3,4)26-19-20-28/h24-26,28-29H,5-23H2,1-4H3/q+1. The van der Waals surface area contributed by atoms with Crippen LogP contribution in [0.1, 0.15) is 104 Å². The molecule has 30 heavy (non-hydrogen) atoms. The molecule has 5 nitrogen and oxygen atoms in total. The Labute approximate surface area is 188 Å². The van der Waals surface area contributed by atoms with Crippen molar-refractivity contribution in [3.05, 3.63) is 0 Å². The average Bonchev–Trinajstić information content (AvgIpc) is 2.68. The molecule has 0 aromatic rings. The topological polar surface area (TPSA) is 61.7 Å². The average molecular weight is 432 g/mol. The number of unbranched alkanes of at least 4 members (excludes halogenated alkanes) is 12. The molecule has 0 radical (unpaired) electrons. The molecule has 0 aromatic carbocycles. The van der Waals surface area contributed by atoms with Gasteiger partial charge in [-0.15, -0.1) is 0 Å². The Kier molecular flexibility index (Phi) is 20.6. The first-order chi connectivity index (χ1) is 14.4. The van der Waals surface area contributed by atoms with Crippen LogP contribution in [-0.4, -0.2) is 67.9 Å². The number of likely N-dealkylation sites (N-methyl/N-ethyl adjacent to an activating group) is 1. The zero-order chi connectivity index (χ0) is 22.5. The van der Waals surface area contributed by atoms with E-state index >= 15 is 0 Å². The van der Waals surface area contributed by atoms with Crippen molar-refractivity contribution in [2.75, 3.05) is 47.0 Å². The third kappa shape index (κ3) is 22.5. The SMILES string of the molecule is CC(C)CCCCCCCCCCCCCCCOCC(O)C[N+](C)(C)NCCO. The fourth-order valence-corrected chi connectivity index (χ4v) is 3.92. The Morgan fingerprint density at radius 3 is 1.70 bits per heavy atom. The number of hydrogen-bond donors (Lipinski definition) is 3. The van der Waals surface area contributed by atoms with Gasteiger partial charge < -0.3 is 14.9 Å². The molecule has 3 N–H and O–H groups in total. The highest BCUT2D eigenvalue weighted by molar-refractivity contribution is 4.53. The normalized spacial score (nSPS) is 13.3. The quantitative estimate of drug-likeness (QED) is 0.120. The fourth-order valence-electron chi connectivity index (χ4n) is 3.92. The lowest BCUT2D eigenvalue weighted by Gasteiger charge is -2.31. The van der Waals surface area contributed by atoms with Crippen LogP contribution in [0.25, 0.3) is 0 Å². The fraction of sp³-hybridized carbons (Fsp3) is 1.00. The highest BCUT2D eigenvalue weighted by Gasteiger charge is 2.20. The molecule has 0 aromatic heterocycles. The lowest BCUT2D eigenvalue weighted by Crippen LogP contribution is -2.56. The third-order valence-electron chi connectivity index (χ3n) is 5.70. The minimum Gasteiger partial charge on any atom is -0.395 e. The van der Waals surface area contributed by atoms with Gasteiger partial charge in [-0.05, 0) is 12.3 Å². The molecule has 0 rings (SSSR count). The number of hydrogen-bond acceptors (Lipinski definition) is 4. The number of aliphatic hydroxyl groups is 2. The van der Waals surface area contributed by atoms with Crippen molar-refractivity contribution < 1.29 is 19.5 Å². The van der Waals surface area contributed by atoms with Gasteiger partial charge in [-0.25, -0.2) is 4.59 Å². The van der Waals surface area contributed by atoms with Gasteiger partial charge in [0, 0.05) is 6.61 Å². The molecular weight excluding hydrogens is 376 g/mol. The van der Waals surface area contributed by atoms with Gasteiger partial charge in [0.2, 0.25) is 0 Å². The summed E-state index contributed by atoms with van der Waals surface area (Å²) >= 11 is 0. The van der Waals surface area contributed by atoms with Crippen molar-refractivity contribution in [2.24, 2.45) is 5.92 Å². The zero-order valence-corrected chi connectivity index (χ0v) is 20.8. The minimum atomic E-state index is -0.480. The monoisotopic (exact) mass is 431 g/mol. The van der Waals surface area contributed by atoms with Gasteiger partial charge in [0.25, 0.3) is 0 Å². The van der Waals surface area contributed by atoms with Crippen LogP contribution in [0.3, 0.4) is 0 Å². The molecule has 0 aliphatic rings. The maximum absolute atomic E-state index is 10.1. The van der Waals surface area contributed by atoms with Crippen LogP contribution in [0.15, 0.2) is 0 Å². The van der Waals surface area contributed by atoms with E-state index in [1.165, 1.54) is 83.5 Å². The summed E-state index contributed by atoms with van der Waals surface area (Å²) < 4.78 is 6.10. The predicted molar refractivity (Wildman–Crippen MR) is 128 cm³/mol. The van der Waals surface area contributed by atoms with Crippen molar-refractivity contribution >= 4 is 0 Å². The summed E-state index contributed by atoms with van der Waals surface area (Å²) in [6.07, 6.45) is 18.6. The first-order valence-electron chi connectivity index (χ1n) is 12.8. The van der Waals surface area contributed by atoms with Gasteiger partial charge in [-0.3, -0.25) is 0 Å². The van der Waals surface area contributed by atoms with Crippen LogP contribution < -0.4 is 5.43 Å². The summed E-state index contributed by atoms with van der Waals surface area (Å²) in [5.41, 5.74) is 3.17. The lowest BCUT2D eigenvalue weighted by molar-refractivity contribution is -0.936. The van der Waals surface area contributed by atoms with E-state index < -0.39 is 6.10 Å². The maximum atomic E-state index is 10.1. The Bertz CT molecular complexity index is 351.